The molecular formula is C19H17F2N3O3. The lowest BCUT2D eigenvalue weighted by Gasteiger charge is -2.05. The molecule has 6 nitrogen and oxygen atoms in total. The fraction of sp³-hybridized carbons (Fsp3) is 0.211. The van der Waals surface area contributed by atoms with Gasteiger partial charge in [0.05, 0.1) is 0 Å². The van der Waals surface area contributed by atoms with Gasteiger partial charge in [-0.2, -0.15) is 4.39 Å². The van der Waals surface area contributed by atoms with E-state index in [9.17, 15) is 13.6 Å². The van der Waals surface area contributed by atoms with Gasteiger partial charge in [0.25, 0.3) is 5.91 Å². The van der Waals surface area contributed by atoms with E-state index >= 15 is 0 Å². The third-order valence-electron chi connectivity index (χ3n) is 3.82. The standard InChI is InChI=1S/C19H17F2N3O3/c1-12-4-3-8-22-14(12)7-9-23-19(25)15-10-27-17(24-15)11-26-16-6-2-5-13(20)18(16)21/h2-6,8,10H,7,9,11H2,1H3,(H,23,25). The van der Waals surface area contributed by atoms with Crippen LogP contribution in [0, 0.1) is 18.6 Å². The van der Waals surface area contributed by atoms with E-state index in [-0.39, 0.29) is 23.9 Å². The zero-order chi connectivity index (χ0) is 19.2. The second kappa shape index (κ2) is 8.39. The summed E-state index contributed by atoms with van der Waals surface area (Å²) in [6.07, 6.45) is 3.47. The maximum Gasteiger partial charge on any atom is 0.273 e. The molecule has 0 aliphatic rings. The van der Waals surface area contributed by atoms with Crippen LogP contribution in [0.15, 0.2) is 47.2 Å². The van der Waals surface area contributed by atoms with Crippen LogP contribution >= 0.6 is 0 Å². The lowest BCUT2D eigenvalue weighted by Crippen LogP contribution is -2.26. The zero-order valence-electron chi connectivity index (χ0n) is 14.5. The molecule has 0 spiro atoms. The van der Waals surface area contributed by atoms with Crippen molar-refractivity contribution in [1.82, 2.24) is 15.3 Å². The van der Waals surface area contributed by atoms with Crippen molar-refractivity contribution < 1.29 is 22.7 Å². The van der Waals surface area contributed by atoms with Crippen LogP contribution in [0.5, 0.6) is 5.75 Å². The Bertz CT molecular complexity index is 943. The van der Waals surface area contributed by atoms with Gasteiger partial charge in [0.15, 0.2) is 23.9 Å². The lowest BCUT2D eigenvalue weighted by atomic mass is 10.1. The summed E-state index contributed by atoms with van der Waals surface area (Å²) in [6, 6.07) is 7.41. The minimum atomic E-state index is -1.09. The molecule has 0 aliphatic heterocycles. The highest BCUT2D eigenvalue weighted by Crippen LogP contribution is 2.20. The summed E-state index contributed by atoms with van der Waals surface area (Å²) in [4.78, 5) is 20.3. The summed E-state index contributed by atoms with van der Waals surface area (Å²) in [5, 5.41) is 2.73. The molecule has 0 atom stereocenters. The molecule has 1 N–H and O–H groups in total. The van der Waals surface area contributed by atoms with E-state index in [1.54, 1.807) is 6.20 Å². The van der Waals surface area contributed by atoms with Crippen molar-refractivity contribution in [2.45, 2.75) is 20.0 Å². The number of rotatable bonds is 7. The summed E-state index contributed by atoms with van der Waals surface area (Å²) in [6.45, 7) is 2.11. The molecule has 2 heterocycles. The molecule has 0 bridgehead atoms. The van der Waals surface area contributed by atoms with Crippen LogP contribution in [-0.4, -0.2) is 22.4 Å². The Morgan fingerprint density at radius 1 is 1.26 bits per heavy atom. The predicted molar refractivity (Wildman–Crippen MR) is 92.2 cm³/mol. The summed E-state index contributed by atoms with van der Waals surface area (Å²) in [7, 11) is 0. The number of carbonyl (C=O) groups is 1. The first kappa shape index (κ1) is 18.5. The quantitative estimate of drug-likeness (QED) is 0.688. The third kappa shape index (κ3) is 4.66. The van der Waals surface area contributed by atoms with E-state index in [1.165, 1.54) is 18.4 Å². The smallest absolute Gasteiger partial charge is 0.273 e. The molecule has 1 aromatic carbocycles. The van der Waals surface area contributed by atoms with Gasteiger partial charge in [0.1, 0.15) is 6.26 Å². The number of amides is 1. The van der Waals surface area contributed by atoms with E-state index in [0.717, 1.165) is 17.3 Å². The average molecular weight is 373 g/mol. The van der Waals surface area contributed by atoms with E-state index in [4.69, 9.17) is 9.15 Å². The molecule has 0 saturated carbocycles. The van der Waals surface area contributed by atoms with Crippen LogP contribution in [-0.2, 0) is 13.0 Å². The molecule has 27 heavy (non-hydrogen) atoms. The van der Waals surface area contributed by atoms with Crippen molar-refractivity contribution in [3.8, 4) is 5.75 Å². The van der Waals surface area contributed by atoms with Gasteiger partial charge in [-0.1, -0.05) is 12.1 Å². The number of carbonyl (C=O) groups excluding carboxylic acids is 1. The normalized spacial score (nSPS) is 10.6. The first-order valence-corrected chi connectivity index (χ1v) is 8.24. The van der Waals surface area contributed by atoms with Crippen LogP contribution in [0.2, 0.25) is 0 Å². The lowest BCUT2D eigenvalue weighted by molar-refractivity contribution is 0.0949. The van der Waals surface area contributed by atoms with Crippen LogP contribution in [0.25, 0.3) is 0 Å². The number of halogens is 2. The van der Waals surface area contributed by atoms with E-state index < -0.39 is 17.5 Å². The van der Waals surface area contributed by atoms with Gasteiger partial charge < -0.3 is 14.5 Å². The summed E-state index contributed by atoms with van der Waals surface area (Å²) in [5.74, 6) is -2.69. The Hall–Kier alpha value is -3.29. The molecule has 3 rings (SSSR count). The zero-order valence-corrected chi connectivity index (χ0v) is 14.5. The van der Waals surface area contributed by atoms with Gasteiger partial charge in [-0.25, -0.2) is 9.37 Å². The van der Waals surface area contributed by atoms with E-state index in [2.05, 4.69) is 15.3 Å². The van der Waals surface area contributed by atoms with Gasteiger partial charge >= 0.3 is 0 Å². The molecule has 8 heteroatoms. The summed E-state index contributed by atoms with van der Waals surface area (Å²) < 4.78 is 36.9. The molecule has 140 valence electrons. The largest absolute Gasteiger partial charge is 0.481 e. The number of nitrogens with one attached hydrogen (secondary N) is 1. The Morgan fingerprint density at radius 2 is 2.11 bits per heavy atom. The molecule has 3 aromatic rings. The second-order valence-electron chi connectivity index (χ2n) is 5.74. The SMILES string of the molecule is Cc1cccnc1CCNC(=O)c1coc(COc2cccc(F)c2F)n1. The minimum absolute atomic E-state index is 0.0735. The maximum absolute atomic E-state index is 13.5. The van der Waals surface area contributed by atoms with Gasteiger partial charge in [-0.3, -0.25) is 9.78 Å². The monoisotopic (exact) mass is 373 g/mol. The third-order valence-corrected chi connectivity index (χ3v) is 3.82. The number of aryl methyl sites for hydroxylation is 1. The number of benzene rings is 1. The van der Waals surface area contributed by atoms with Crippen molar-refractivity contribution >= 4 is 5.91 Å². The average Bonchev–Trinajstić information content (AvgIpc) is 3.13. The fourth-order valence-electron chi connectivity index (χ4n) is 2.38. The number of aromatic nitrogens is 2. The maximum atomic E-state index is 13.5. The molecule has 0 unspecified atom stereocenters. The molecular weight excluding hydrogens is 356 g/mol. The topological polar surface area (TPSA) is 77.2 Å². The first-order chi connectivity index (χ1) is 13.0. The van der Waals surface area contributed by atoms with Crippen LogP contribution in [0.1, 0.15) is 27.6 Å². The second-order valence-corrected chi connectivity index (χ2v) is 5.74. The highest BCUT2D eigenvalue weighted by molar-refractivity contribution is 5.91. The van der Waals surface area contributed by atoms with E-state index in [1.807, 2.05) is 19.1 Å². The molecule has 0 saturated heterocycles. The molecule has 0 aliphatic carbocycles. The summed E-state index contributed by atoms with van der Waals surface area (Å²) in [5.41, 5.74) is 2.03. The number of ether oxygens (including phenoxy) is 1. The van der Waals surface area contributed by atoms with Gasteiger partial charge in [0.2, 0.25) is 11.7 Å². The van der Waals surface area contributed by atoms with Gasteiger partial charge in [0, 0.05) is 24.9 Å². The number of hydrogen-bond acceptors (Lipinski definition) is 5. The Balaban J connectivity index is 1.51. The highest BCUT2D eigenvalue weighted by Gasteiger charge is 2.14. The van der Waals surface area contributed by atoms with Crippen molar-refractivity contribution in [3.05, 3.63) is 77.3 Å². The highest BCUT2D eigenvalue weighted by atomic mass is 19.2. The van der Waals surface area contributed by atoms with Crippen LogP contribution in [0.4, 0.5) is 8.78 Å². The Labute approximate surface area is 154 Å². The molecule has 2 aromatic heterocycles. The van der Waals surface area contributed by atoms with Crippen molar-refractivity contribution in [1.29, 1.82) is 0 Å². The molecule has 0 fully saturated rings. The number of pyridine rings is 1. The number of oxazole rings is 1. The van der Waals surface area contributed by atoms with Crippen molar-refractivity contribution in [3.63, 3.8) is 0 Å². The van der Waals surface area contributed by atoms with Crippen LogP contribution < -0.4 is 10.1 Å². The number of hydrogen-bond donors (Lipinski definition) is 1. The van der Waals surface area contributed by atoms with Crippen molar-refractivity contribution in [2.75, 3.05) is 6.54 Å². The van der Waals surface area contributed by atoms with Crippen molar-refractivity contribution in [2.24, 2.45) is 0 Å². The predicted octanol–water partition coefficient (Wildman–Crippen LogP) is 3.21. The molecule has 1 amide bonds. The fourth-order valence-corrected chi connectivity index (χ4v) is 2.38. The Kier molecular flexibility index (Phi) is 5.75. The number of nitrogens with zero attached hydrogens (tertiary/aromatic N) is 2. The summed E-state index contributed by atoms with van der Waals surface area (Å²) >= 11 is 0. The van der Waals surface area contributed by atoms with Gasteiger partial charge in [-0.05, 0) is 30.7 Å². The molecule has 0 radical (unpaired) electrons. The van der Waals surface area contributed by atoms with Gasteiger partial charge in [-0.15, -0.1) is 0 Å². The minimum Gasteiger partial charge on any atom is -0.481 e. The van der Waals surface area contributed by atoms with E-state index in [0.29, 0.717) is 13.0 Å². The first-order valence-electron chi connectivity index (χ1n) is 8.24. The van der Waals surface area contributed by atoms with Crippen LogP contribution in [0.3, 0.4) is 0 Å². The Morgan fingerprint density at radius 3 is 2.93 bits per heavy atom.